The highest BCUT2D eigenvalue weighted by Crippen LogP contribution is 2.40. The Labute approximate surface area is 124 Å². The molecule has 21 heavy (non-hydrogen) atoms. The standard InChI is InChI=1S/C15H11ClFNO3/c1-7-5-11-14(15(20)18-7)8(6-12(19)21-11)13-9(16)3-2-4-10(13)17/h2-5,8H,6H2,1H3,(H,18,20)/t8-/m0/s1. The van der Waals surface area contributed by atoms with Crippen LogP contribution in [0.4, 0.5) is 4.39 Å². The Morgan fingerprint density at radius 1 is 1.33 bits per heavy atom. The number of pyridine rings is 1. The van der Waals surface area contributed by atoms with Crippen LogP contribution >= 0.6 is 11.6 Å². The van der Waals surface area contributed by atoms with E-state index in [1.807, 2.05) is 0 Å². The number of fused-ring (bicyclic) bond motifs is 1. The Bertz CT molecular complexity index is 780. The zero-order valence-electron chi connectivity index (χ0n) is 11.1. The number of halogens is 2. The molecule has 1 aliphatic heterocycles. The van der Waals surface area contributed by atoms with E-state index in [-0.39, 0.29) is 28.3 Å². The van der Waals surface area contributed by atoms with E-state index in [4.69, 9.17) is 16.3 Å². The summed E-state index contributed by atoms with van der Waals surface area (Å²) in [5, 5.41) is 0.181. The van der Waals surface area contributed by atoms with Crippen molar-refractivity contribution in [1.82, 2.24) is 4.98 Å². The highest BCUT2D eigenvalue weighted by Gasteiger charge is 2.34. The molecule has 1 N–H and O–H groups in total. The second kappa shape index (κ2) is 5.00. The van der Waals surface area contributed by atoms with Crippen molar-refractivity contribution in [3.05, 3.63) is 62.3 Å². The first-order chi connectivity index (χ1) is 9.97. The highest BCUT2D eigenvalue weighted by molar-refractivity contribution is 6.31. The molecule has 0 fully saturated rings. The Balaban J connectivity index is 2.27. The number of aromatic nitrogens is 1. The van der Waals surface area contributed by atoms with Crippen LogP contribution in [0.15, 0.2) is 29.1 Å². The van der Waals surface area contributed by atoms with E-state index >= 15 is 0 Å². The van der Waals surface area contributed by atoms with Gasteiger partial charge in [-0.1, -0.05) is 17.7 Å². The molecule has 3 rings (SSSR count). The van der Waals surface area contributed by atoms with E-state index in [2.05, 4.69) is 4.98 Å². The Morgan fingerprint density at radius 3 is 2.81 bits per heavy atom. The van der Waals surface area contributed by atoms with Crippen LogP contribution in [0.5, 0.6) is 5.75 Å². The second-order valence-electron chi connectivity index (χ2n) is 4.93. The molecule has 1 aromatic carbocycles. The molecule has 4 nitrogen and oxygen atoms in total. The molecule has 108 valence electrons. The van der Waals surface area contributed by atoms with Gasteiger partial charge in [0.15, 0.2) is 0 Å². The van der Waals surface area contributed by atoms with Crippen molar-refractivity contribution in [3.8, 4) is 5.75 Å². The Kier molecular flexibility index (Phi) is 3.29. The number of carbonyl (C=O) groups is 1. The number of aromatic amines is 1. The lowest BCUT2D eigenvalue weighted by atomic mass is 9.86. The van der Waals surface area contributed by atoms with Crippen molar-refractivity contribution in [1.29, 1.82) is 0 Å². The third-order valence-electron chi connectivity index (χ3n) is 3.46. The van der Waals surface area contributed by atoms with Crippen molar-refractivity contribution >= 4 is 17.6 Å². The van der Waals surface area contributed by atoms with Crippen molar-refractivity contribution < 1.29 is 13.9 Å². The monoisotopic (exact) mass is 307 g/mol. The molecule has 6 heteroatoms. The Hall–Kier alpha value is -2.14. The topological polar surface area (TPSA) is 59.2 Å². The second-order valence-corrected chi connectivity index (χ2v) is 5.33. The van der Waals surface area contributed by atoms with Crippen molar-refractivity contribution in [2.75, 3.05) is 0 Å². The molecule has 0 bridgehead atoms. The molecular weight excluding hydrogens is 297 g/mol. The largest absolute Gasteiger partial charge is 0.426 e. The van der Waals surface area contributed by atoms with Crippen LogP contribution in [-0.4, -0.2) is 11.0 Å². The van der Waals surface area contributed by atoms with Gasteiger partial charge in [-0.25, -0.2) is 4.39 Å². The zero-order chi connectivity index (χ0) is 15.1. The molecule has 1 atom stereocenters. The highest BCUT2D eigenvalue weighted by atomic mass is 35.5. The molecule has 1 aromatic heterocycles. The van der Waals surface area contributed by atoms with Gasteiger partial charge >= 0.3 is 5.97 Å². The van der Waals surface area contributed by atoms with Gasteiger partial charge in [-0.3, -0.25) is 9.59 Å². The number of hydrogen-bond acceptors (Lipinski definition) is 3. The average molecular weight is 308 g/mol. The number of ether oxygens (including phenoxy) is 1. The molecule has 0 saturated carbocycles. The lowest BCUT2D eigenvalue weighted by Gasteiger charge is -2.25. The summed E-state index contributed by atoms with van der Waals surface area (Å²) >= 11 is 6.06. The van der Waals surface area contributed by atoms with E-state index in [0.29, 0.717) is 5.69 Å². The van der Waals surface area contributed by atoms with E-state index in [0.717, 1.165) is 0 Å². The van der Waals surface area contributed by atoms with Gasteiger partial charge in [0.05, 0.1) is 12.0 Å². The van der Waals surface area contributed by atoms with Crippen LogP contribution in [0.2, 0.25) is 5.02 Å². The third kappa shape index (κ3) is 2.34. The predicted octanol–water partition coefficient (Wildman–Crippen LogP) is 2.92. The lowest BCUT2D eigenvalue weighted by molar-refractivity contribution is -0.135. The minimum atomic E-state index is -0.751. The average Bonchev–Trinajstić information content (AvgIpc) is 2.36. The molecule has 1 aliphatic rings. The van der Waals surface area contributed by atoms with Gasteiger partial charge in [-0.2, -0.15) is 0 Å². The number of nitrogens with one attached hydrogen (secondary N) is 1. The molecule has 2 heterocycles. The molecular formula is C15H11ClFNO3. The van der Waals surface area contributed by atoms with Crippen molar-refractivity contribution in [3.63, 3.8) is 0 Å². The number of rotatable bonds is 1. The zero-order valence-corrected chi connectivity index (χ0v) is 11.8. The van der Waals surface area contributed by atoms with Gasteiger partial charge < -0.3 is 9.72 Å². The number of benzene rings is 1. The van der Waals surface area contributed by atoms with Gasteiger partial charge in [0.2, 0.25) is 0 Å². The van der Waals surface area contributed by atoms with E-state index < -0.39 is 23.3 Å². The van der Waals surface area contributed by atoms with Crippen molar-refractivity contribution in [2.45, 2.75) is 19.3 Å². The fourth-order valence-corrected chi connectivity index (χ4v) is 2.90. The van der Waals surface area contributed by atoms with Gasteiger partial charge in [-0.15, -0.1) is 0 Å². The van der Waals surface area contributed by atoms with Gasteiger partial charge in [0.25, 0.3) is 5.56 Å². The normalized spacial score (nSPS) is 17.3. The molecule has 0 aliphatic carbocycles. The first kappa shape index (κ1) is 13.8. The first-order valence-corrected chi connectivity index (χ1v) is 6.73. The van der Waals surface area contributed by atoms with Crippen LogP contribution in [0.1, 0.15) is 29.2 Å². The van der Waals surface area contributed by atoms with Crippen LogP contribution < -0.4 is 10.3 Å². The summed E-state index contributed by atoms with van der Waals surface area (Å²) in [4.78, 5) is 26.6. The van der Waals surface area contributed by atoms with Crippen LogP contribution in [0.25, 0.3) is 0 Å². The number of H-pyrrole nitrogens is 1. The summed E-state index contributed by atoms with van der Waals surface area (Å²) in [5.41, 5.74) is 0.535. The predicted molar refractivity (Wildman–Crippen MR) is 75.3 cm³/mol. The number of hydrogen-bond donors (Lipinski definition) is 1. The maximum Gasteiger partial charge on any atom is 0.312 e. The SMILES string of the molecule is Cc1cc2c(c(=O)[nH]1)[C@H](c1c(F)cccc1Cl)CC(=O)O2. The van der Waals surface area contributed by atoms with E-state index in [1.54, 1.807) is 13.0 Å². The summed E-state index contributed by atoms with van der Waals surface area (Å²) < 4.78 is 19.2. The number of carbonyl (C=O) groups excluding carboxylic acids is 1. The van der Waals surface area contributed by atoms with Crippen LogP contribution in [0.3, 0.4) is 0 Å². The maximum atomic E-state index is 14.1. The molecule has 0 spiro atoms. The molecule has 0 amide bonds. The van der Waals surface area contributed by atoms with Crippen LogP contribution in [0, 0.1) is 12.7 Å². The summed E-state index contributed by atoms with van der Waals surface area (Å²) in [6.07, 6.45) is -0.125. The molecule has 0 radical (unpaired) electrons. The summed E-state index contributed by atoms with van der Waals surface area (Å²) in [7, 11) is 0. The lowest BCUT2D eigenvalue weighted by Crippen LogP contribution is -2.29. The number of esters is 1. The van der Waals surface area contributed by atoms with Gasteiger partial charge in [-0.05, 0) is 19.1 Å². The first-order valence-electron chi connectivity index (χ1n) is 6.35. The van der Waals surface area contributed by atoms with Gasteiger partial charge in [0.1, 0.15) is 11.6 Å². The fraction of sp³-hybridized carbons (Fsp3) is 0.200. The summed E-state index contributed by atoms with van der Waals surface area (Å²) in [6.45, 7) is 1.68. The smallest absolute Gasteiger partial charge is 0.312 e. The fourth-order valence-electron chi connectivity index (χ4n) is 2.61. The Morgan fingerprint density at radius 2 is 2.10 bits per heavy atom. The van der Waals surface area contributed by atoms with E-state index in [1.165, 1.54) is 18.2 Å². The van der Waals surface area contributed by atoms with Crippen LogP contribution in [-0.2, 0) is 4.79 Å². The minimum Gasteiger partial charge on any atom is -0.426 e. The quantitative estimate of drug-likeness (QED) is 0.824. The minimum absolute atomic E-state index is 0.125. The van der Waals surface area contributed by atoms with E-state index in [9.17, 15) is 14.0 Å². The third-order valence-corrected chi connectivity index (χ3v) is 3.79. The molecule has 0 saturated heterocycles. The van der Waals surface area contributed by atoms with Crippen molar-refractivity contribution in [2.24, 2.45) is 0 Å². The summed E-state index contributed by atoms with van der Waals surface area (Å²) in [5.74, 6) is -1.65. The number of aryl methyl sites for hydroxylation is 1. The van der Waals surface area contributed by atoms with Gasteiger partial charge in [0, 0.05) is 28.3 Å². The maximum absolute atomic E-state index is 14.1. The molecule has 0 unspecified atom stereocenters. The summed E-state index contributed by atoms with van der Waals surface area (Å²) in [6, 6.07) is 5.81. The molecule has 2 aromatic rings.